The van der Waals surface area contributed by atoms with Crippen LogP contribution < -0.4 is 10.5 Å². The van der Waals surface area contributed by atoms with Crippen molar-refractivity contribution in [1.29, 1.82) is 0 Å². The minimum Gasteiger partial charge on any atom is -0.366 e. The van der Waals surface area contributed by atoms with E-state index in [0.717, 1.165) is 10.8 Å². The Morgan fingerprint density at radius 2 is 1.96 bits per heavy atom. The molecule has 0 aliphatic carbocycles. The summed E-state index contributed by atoms with van der Waals surface area (Å²) in [6.45, 7) is 0.105. The van der Waals surface area contributed by atoms with Crippen molar-refractivity contribution in [1.82, 2.24) is 9.29 Å². The van der Waals surface area contributed by atoms with Crippen molar-refractivity contribution in [2.24, 2.45) is 5.73 Å². The fourth-order valence-electron chi connectivity index (χ4n) is 2.54. The monoisotopic (exact) mass is 370 g/mol. The molecule has 26 heavy (non-hydrogen) atoms. The average molecular weight is 370 g/mol. The summed E-state index contributed by atoms with van der Waals surface area (Å²) < 4.78 is 28.9. The van der Waals surface area contributed by atoms with Gasteiger partial charge in [-0.25, -0.2) is 0 Å². The van der Waals surface area contributed by atoms with E-state index < -0.39 is 16.1 Å². The van der Waals surface area contributed by atoms with E-state index in [1.165, 1.54) is 11.4 Å². The molecule has 0 radical (unpaired) electrons. The van der Waals surface area contributed by atoms with Gasteiger partial charge in [-0.3, -0.25) is 14.5 Å². The average Bonchev–Trinajstić information content (AvgIpc) is 2.61. The fourth-order valence-corrected chi connectivity index (χ4v) is 3.44. The van der Waals surface area contributed by atoms with Crippen LogP contribution in [0.15, 0.2) is 60.9 Å². The number of pyridine rings is 1. The highest BCUT2D eigenvalue weighted by Gasteiger charge is 2.18. The van der Waals surface area contributed by atoms with Crippen molar-refractivity contribution < 1.29 is 13.2 Å². The molecule has 0 aliphatic heterocycles. The summed E-state index contributed by atoms with van der Waals surface area (Å²) in [5.74, 6) is -0.555. The summed E-state index contributed by atoms with van der Waals surface area (Å²) in [5.41, 5.74) is 6.72. The van der Waals surface area contributed by atoms with E-state index in [4.69, 9.17) is 5.73 Å². The van der Waals surface area contributed by atoms with Gasteiger partial charge in [-0.15, -0.1) is 0 Å². The summed E-state index contributed by atoms with van der Waals surface area (Å²) >= 11 is 0. The standard InChI is InChI=1S/C18H18N4O3S/c1-22(12-13-3-2-4-15(9-13)18(19)23)26(24,25)21-17-6-5-16-11-20-8-7-14(16)10-17/h2-11,21H,12H2,1H3,(H2,19,23). The zero-order valence-electron chi connectivity index (χ0n) is 14.1. The molecule has 134 valence electrons. The number of carbonyl (C=O) groups excluding carboxylic acids is 1. The molecule has 1 aromatic heterocycles. The number of amides is 1. The number of nitrogens with two attached hydrogens (primary N) is 1. The van der Waals surface area contributed by atoms with Gasteiger partial charge < -0.3 is 5.73 Å². The molecule has 0 fully saturated rings. The van der Waals surface area contributed by atoms with Crippen LogP contribution in [0, 0.1) is 0 Å². The van der Waals surface area contributed by atoms with Crippen molar-refractivity contribution >= 4 is 32.6 Å². The van der Waals surface area contributed by atoms with E-state index in [1.54, 1.807) is 54.9 Å². The van der Waals surface area contributed by atoms with Crippen LogP contribution in [0.5, 0.6) is 0 Å². The molecule has 0 saturated carbocycles. The molecule has 1 amide bonds. The van der Waals surface area contributed by atoms with Crippen molar-refractivity contribution in [2.45, 2.75) is 6.54 Å². The number of carbonyl (C=O) groups is 1. The number of benzene rings is 2. The predicted molar refractivity (Wildman–Crippen MR) is 101 cm³/mol. The number of aromatic nitrogens is 1. The van der Waals surface area contributed by atoms with Crippen LogP contribution in [-0.4, -0.2) is 30.7 Å². The Kier molecular flexibility index (Phi) is 4.88. The van der Waals surface area contributed by atoms with Gasteiger partial charge in [0.15, 0.2) is 0 Å². The molecule has 0 saturated heterocycles. The number of hydrogen-bond acceptors (Lipinski definition) is 4. The van der Waals surface area contributed by atoms with Gasteiger partial charge in [0.2, 0.25) is 5.91 Å². The molecule has 0 atom stereocenters. The predicted octanol–water partition coefficient (Wildman–Crippen LogP) is 2.12. The van der Waals surface area contributed by atoms with E-state index in [-0.39, 0.29) is 6.54 Å². The Hall–Kier alpha value is -2.97. The number of primary amides is 1. The van der Waals surface area contributed by atoms with Crippen molar-refractivity contribution in [3.05, 3.63) is 72.1 Å². The first-order valence-corrected chi connectivity index (χ1v) is 9.26. The fraction of sp³-hybridized carbons (Fsp3) is 0.111. The number of nitrogens with zero attached hydrogens (tertiary/aromatic N) is 2. The maximum absolute atomic E-state index is 12.6. The Morgan fingerprint density at radius 3 is 2.73 bits per heavy atom. The molecule has 8 heteroatoms. The maximum Gasteiger partial charge on any atom is 0.301 e. The lowest BCUT2D eigenvalue weighted by atomic mass is 10.1. The van der Waals surface area contributed by atoms with Crippen LogP contribution in [0.4, 0.5) is 5.69 Å². The van der Waals surface area contributed by atoms with Gasteiger partial charge in [0.1, 0.15) is 0 Å². The highest BCUT2D eigenvalue weighted by molar-refractivity contribution is 7.90. The van der Waals surface area contributed by atoms with Crippen LogP contribution in [-0.2, 0) is 16.8 Å². The van der Waals surface area contributed by atoms with Crippen molar-refractivity contribution in [2.75, 3.05) is 11.8 Å². The highest BCUT2D eigenvalue weighted by Crippen LogP contribution is 2.20. The first-order valence-electron chi connectivity index (χ1n) is 7.82. The summed E-state index contributed by atoms with van der Waals surface area (Å²) in [7, 11) is -2.30. The zero-order chi connectivity index (χ0) is 18.7. The second-order valence-corrected chi connectivity index (χ2v) is 7.64. The molecule has 2 aromatic carbocycles. The minimum atomic E-state index is -3.76. The first kappa shape index (κ1) is 17.8. The summed E-state index contributed by atoms with van der Waals surface area (Å²) in [6.07, 6.45) is 3.37. The van der Waals surface area contributed by atoms with Crippen LogP contribution in [0.1, 0.15) is 15.9 Å². The van der Waals surface area contributed by atoms with E-state index in [2.05, 4.69) is 9.71 Å². The number of fused-ring (bicyclic) bond motifs is 1. The Labute approximate surface area is 151 Å². The molecule has 7 nitrogen and oxygen atoms in total. The SMILES string of the molecule is CN(Cc1cccc(C(N)=O)c1)S(=O)(=O)Nc1ccc2cnccc2c1. The molecule has 0 aliphatic rings. The van der Waals surface area contributed by atoms with Crippen LogP contribution in [0.3, 0.4) is 0 Å². The molecular weight excluding hydrogens is 352 g/mol. The molecule has 3 N–H and O–H groups in total. The second kappa shape index (κ2) is 7.11. The van der Waals surface area contributed by atoms with Gasteiger partial charge in [0.05, 0.1) is 5.69 Å². The van der Waals surface area contributed by atoms with Gasteiger partial charge >= 0.3 is 10.2 Å². The van der Waals surface area contributed by atoms with E-state index >= 15 is 0 Å². The molecule has 0 unspecified atom stereocenters. The normalized spacial score (nSPS) is 11.6. The Balaban J connectivity index is 1.78. The largest absolute Gasteiger partial charge is 0.366 e. The lowest BCUT2D eigenvalue weighted by molar-refractivity contribution is 0.1000. The van der Waals surface area contributed by atoms with Gasteiger partial charge in [0.25, 0.3) is 0 Å². The van der Waals surface area contributed by atoms with E-state index in [0.29, 0.717) is 16.8 Å². The summed E-state index contributed by atoms with van der Waals surface area (Å²) in [6, 6.07) is 13.6. The number of rotatable bonds is 6. The molecule has 3 rings (SSSR count). The van der Waals surface area contributed by atoms with Gasteiger partial charge in [-0.2, -0.15) is 12.7 Å². The molecule has 0 bridgehead atoms. The summed E-state index contributed by atoms with van der Waals surface area (Å²) in [5, 5.41) is 1.81. The van der Waals surface area contributed by atoms with E-state index in [1.807, 2.05) is 6.07 Å². The third-order valence-electron chi connectivity index (χ3n) is 3.91. The lowest BCUT2D eigenvalue weighted by Crippen LogP contribution is -2.32. The van der Waals surface area contributed by atoms with Crippen molar-refractivity contribution in [3.8, 4) is 0 Å². The zero-order valence-corrected chi connectivity index (χ0v) is 14.9. The molecular formula is C18H18N4O3S. The molecule has 0 spiro atoms. The minimum absolute atomic E-state index is 0.105. The van der Waals surface area contributed by atoms with E-state index in [9.17, 15) is 13.2 Å². The number of hydrogen-bond donors (Lipinski definition) is 2. The molecule has 1 heterocycles. The van der Waals surface area contributed by atoms with Gasteiger partial charge in [0, 0.05) is 36.9 Å². The third-order valence-corrected chi connectivity index (χ3v) is 5.36. The van der Waals surface area contributed by atoms with Gasteiger partial charge in [-0.05, 0) is 41.3 Å². The maximum atomic E-state index is 12.6. The Bertz CT molecular complexity index is 1070. The third kappa shape index (κ3) is 3.98. The lowest BCUT2D eigenvalue weighted by Gasteiger charge is -2.19. The molecule has 3 aromatic rings. The van der Waals surface area contributed by atoms with Crippen LogP contribution >= 0.6 is 0 Å². The van der Waals surface area contributed by atoms with Crippen LogP contribution in [0.25, 0.3) is 10.8 Å². The first-order chi connectivity index (χ1) is 12.3. The van der Waals surface area contributed by atoms with Gasteiger partial charge in [-0.1, -0.05) is 18.2 Å². The highest BCUT2D eigenvalue weighted by atomic mass is 32.2. The summed E-state index contributed by atoms with van der Waals surface area (Å²) in [4.78, 5) is 15.3. The quantitative estimate of drug-likeness (QED) is 0.693. The number of nitrogens with one attached hydrogen (secondary N) is 1. The smallest absolute Gasteiger partial charge is 0.301 e. The topological polar surface area (TPSA) is 105 Å². The van der Waals surface area contributed by atoms with Crippen LogP contribution in [0.2, 0.25) is 0 Å². The van der Waals surface area contributed by atoms with Crippen molar-refractivity contribution in [3.63, 3.8) is 0 Å². The second-order valence-electron chi connectivity index (χ2n) is 5.87. The number of anilines is 1. The Morgan fingerprint density at radius 1 is 1.15 bits per heavy atom.